The van der Waals surface area contributed by atoms with Crippen LogP contribution in [0.1, 0.15) is 27.7 Å². The summed E-state index contributed by atoms with van der Waals surface area (Å²) < 4.78 is 24.5. The van der Waals surface area contributed by atoms with E-state index in [4.69, 9.17) is 15.2 Å². The first-order valence-electron chi connectivity index (χ1n) is 8.89. The van der Waals surface area contributed by atoms with Gasteiger partial charge in [0.1, 0.15) is 18.2 Å². The number of carbonyl (C=O) groups excluding carboxylic acids is 1. The lowest BCUT2D eigenvalue weighted by Gasteiger charge is -2.20. The Morgan fingerprint density at radius 1 is 1.32 bits per heavy atom. The van der Waals surface area contributed by atoms with Crippen molar-refractivity contribution in [2.24, 2.45) is 5.92 Å². The summed E-state index contributed by atoms with van der Waals surface area (Å²) in [5, 5.41) is 2.49. The summed E-state index contributed by atoms with van der Waals surface area (Å²) in [6, 6.07) is 0. The molecule has 0 saturated carbocycles. The number of fused-ring (bicyclic) bond motifs is 1. The van der Waals surface area contributed by atoms with Crippen LogP contribution in [-0.4, -0.2) is 55.5 Å². The zero-order valence-electron chi connectivity index (χ0n) is 16.4. The van der Waals surface area contributed by atoms with Crippen molar-refractivity contribution >= 4 is 30.5 Å². The van der Waals surface area contributed by atoms with E-state index in [-0.39, 0.29) is 24.6 Å². The van der Waals surface area contributed by atoms with Crippen LogP contribution in [0.25, 0.3) is 11.2 Å². The number of carbonyl (C=O) groups is 1. The molecule has 11 nitrogen and oxygen atoms in total. The number of hydrogen-bond acceptors (Lipinski definition) is 8. The quantitative estimate of drug-likeness (QED) is 0.381. The Hall–Kier alpha value is -2.07. The van der Waals surface area contributed by atoms with E-state index in [2.05, 4.69) is 20.0 Å². The average molecular weight is 414 g/mol. The molecule has 2 aromatic rings. The summed E-state index contributed by atoms with van der Waals surface area (Å²) in [6.07, 6.45) is 1.89. The number of nitrogens with zero attached hydrogens (tertiary/aromatic N) is 4. The van der Waals surface area contributed by atoms with E-state index in [9.17, 15) is 14.3 Å². The molecule has 0 aliphatic heterocycles. The maximum absolute atomic E-state index is 12.2. The summed E-state index contributed by atoms with van der Waals surface area (Å²) in [6.45, 7) is 7.25. The lowest BCUT2D eigenvalue weighted by Crippen LogP contribution is -2.29. The number of hydrogen-bond donors (Lipinski definition) is 3. The Morgan fingerprint density at radius 3 is 2.71 bits per heavy atom. The Bertz CT molecular complexity index is 857. The van der Waals surface area contributed by atoms with Crippen molar-refractivity contribution in [2.45, 2.75) is 46.4 Å². The highest BCUT2D eigenvalue weighted by molar-refractivity contribution is 7.55. The monoisotopic (exact) mass is 414 g/mol. The second-order valence-electron chi connectivity index (χ2n) is 6.88. The van der Waals surface area contributed by atoms with Crippen molar-refractivity contribution in [1.29, 1.82) is 0 Å². The minimum Gasteiger partial charge on any atom is -0.463 e. The molecule has 156 valence electrons. The highest BCUT2D eigenvalue weighted by Crippen LogP contribution is 2.35. The van der Waals surface area contributed by atoms with E-state index in [1.165, 1.54) is 6.33 Å². The SMILES string of the molecule is CC(C)OC(=O)C(C)CNP(=O)(O)COC(C)Cn1cnc2c(N)ncnc21. The van der Waals surface area contributed by atoms with Crippen molar-refractivity contribution in [1.82, 2.24) is 24.6 Å². The maximum atomic E-state index is 12.2. The van der Waals surface area contributed by atoms with Crippen molar-refractivity contribution in [3.63, 3.8) is 0 Å². The highest BCUT2D eigenvalue weighted by Gasteiger charge is 2.24. The number of imidazole rings is 1. The maximum Gasteiger partial charge on any atom is 0.310 e. The van der Waals surface area contributed by atoms with Gasteiger partial charge in [-0.2, -0.15) is 0 Å². The zero-order chi connectivity index (χ0) is 20.9. The predicted octanol–water partition coefficient (Wildman–Crippen LogP) is 1.13. The van der Waals surface area contributed by atoms with Gasteiger partial charge in [-0.25, -0.2) is 20.0 Å². The van der Waals surface area contributed by atoms with Gasteiger partial charge in [-0.3, -0.25) is 9.36 Å². The van der Waals surface area contributed by atoms with Crippen LogP contribution in [0.4, 0.5) is 5.82 Å². The second-order valence-corrected chi connectivity index (χ2v) is 8.86. The van der Waals surface area contributed by atoms with Gasteiger partial charge >= 0.3 is 5.97 Å². The molecule has 0 bridgehead atoms. The number of aromatic nitrogens is 4. The van der Waals surface area contributed by atoms with Crippen molar-refractivity contribution in [3.05, 3.63) is 12.7 Å². The van der Waals surface area contributed by atoms with Gasteiger partial charge in [0.15, 0.2) is 11.5 Å². The summed E-state index contributed by atoms with van der Waals surface area (Å²) in [5.74, 6) is -0.695. The summed E-state index contributed by atoms with van der Waals surface area (Å²) in [7, 11) is -3.77. The standard InChI is InChI=1S/C16H27N6O5P/c1-10(2)27-16(23)11(3)5-21-28(24,25)9-26-12(4)6-22-8-20-13-14(17)18-7-19-15(13)22/h7-8,10-12H,5-6,9H2,1-4H3,(H2,17,18,19)(H2,21,24,25). The third kappa shape index (κ3) is 6.23. The van der Waals surface area contributed by atoms with E-state index in [0.29, 0.717) is 17.7 Å². The molecule has 2 heterocycles. The summed E-state index contributed by atoms with van der Waals surface area (Å²) in [5.41, 5.74) is 6.81. The molecule has 0 aromatic carbocycles. The number of esters is 1. The molecule has 0 spiro atoms. The minimum absolute atomic E-state index is 0.0133. The molecular weight excluding hydrogens is 387 g/mol. The molecule has 0 aliphatic rings. The number of nitrogens with one attached hydrogen (secondary N) is 1. The predicted molar refractivity (Wildman–Crippen MR) is 103 cm³/mol. The molecule has 3 atom stereocenters. The van der Waals surface area contributed by atoms with E-state index >= 15 is 0 Å². The Morgan fingerprint density at radius 2 is 2.04 bits per heavy atom. The van der Waals surface area contributed by atoms with Gasteiger partial charge < -0.3 is 24.7 Å². The largest absolute Gasteiger partial charge is 0.463 e. The third-order valence-corrected chi connectivity index (χ3v) is 4.99. The van der Waals surface area contributed by atoms with Crippen molar-refractivity contribution in [2.75, 3.05) is 18.6 Å². The van der Waals surface area contributed by atoms with E-state index in [1.54, 1.807) is 38.6 Å². The molecule has 3 unspecified atom stereocenters. The first kappa shape index (κ1) is 22.2. The first-order valence-corrected chi connectivity index (χ1v) is 10.7. The molecule has 0 fully saturated rings. The van der Waals surface area contributed by atoms with Gasteiger partial charge in [-0.05, 0) is 20.8 Å². The minimum atomic E-state index is -3.77. The average Bonchev–Trinajstić information content (AvgIpc) is 3.02. The van der Waals surface area contributed by atoms with Crippen LogP contribution in [0, 0.1) is 5.92 Å². The number of rotatable bonds is 10. The third-order valence-electron chi connectivity index (χ3n) is 3.82. The Kier molecular flexibility index (Phi) is 7.48. The van der Waals surface area contributed by atoms with Crippen LogP contribution < -0.4 is 10.8 Å². The summed E-state index contributed by atoms with van der Waals surface area (Å²) >= 11 is 0. The normalized spacial score (nSPS) is 16.1. The Labute approximate surface area is 163 Å². The van der Waals surface area contributed by atoms with Crippen LogP contribution in [0.5, 0.6) is 0 Å². The molecule has 28 heavy (non-hydrogen) atoms. The Balaban J connectivity index is 1.83. The lowest BCUT2D eigenvalue weighted by molar-refractivity contribution is -0.151. The summed E-state index contributed by atoms with van der Waals surface area (Å²) in [4.78, 5) is 34.0. The fraction of sp³-hybridized carbons (Fsp3) is 0.625. The van der Waals surface area contributed by atoms with Gasteiger partial charge in [0.2, 0.25) is 0 Å². The van der Waals surface area contributed by atoms with Crippen LogP contribution in [0.3, 0.4) is 0 Å². The van der Waals surface area contributed by atoms with Crippen LogP contribution in [0.15, 0.2) is 12.7 Å². The molecule has 0 radical (unpaired) electrons. The number of nitrogen functional groups attached to an aromatic ring is 1. The molecule has 0 saturated heterocycles. The number of nitrogens with two attached hydrogens (primary N) is 1. The smallest absolute Gasteiger partial charge is 0.310 e. The molecule has 4 N–H and O–H groups in total. The molecule has 2 aromatic heterocycles. The molecule has 0 amide bonds. The molecular formula is C16H27N6O5P. The second kappa shape index (κ2) is 9.42. The first-order chi connectivity index (χ1) is 13.1. The highest BCUT2D eigenvalue weighted by atomic mass is 31.2. The van der Waals surface area contributed by atoms with Gasteiger partial charge in [-0.15, -0.1) is 0 Å². The zero-order valence-corrected chi connectivity index (χ0v) is 17.3. The van der Waals surface area contributed by atoms with E-state index in [0.717, 1.165) is 0 Å². The van der Waals surface area contributed by atoms with Crippen LogP contribution >= 0.6 is 7.52 Å². The molecule has 12 heteroatoms. The van der Waals surface area contributed by atoms with Gasteiger partial charge in [0.05, 0.1) is 31.0 Å². The fourth-order valence-corrected chi connectivity index (χ4v) is 3.45. The number of anilines is 1. The van der Waals surface area contributed by atoms with Crippen molar-refractivity contribution in [3.8, 4) is 0 Å². The lowest BCUT2D eigenvalue weighted by atomic mass is 10.2. The van der Waals surface area contributed by atoms with Gasteiger partial charge in [0.25, 0.3) is 7.52 Å². The molecule has 2 rings (SSSR count). The van der Waals surface area contributed by atoms with Crippen LogP contribution in [-0.2, 0) is 25.4 Å². The van der Waals surface area contributed by atoms with E-state index < -0.39 is 25.8 Å². The van der Waals surface area contributed by atoms with E-state index in [1.807, 2.05) is 0 Å². The molecule has 0 aliphatic carbocycles. The van der Waals surface area contributed by atoms with Crippen LogP contribution in [0.2, 0.25) is 0 Å². The van der Waals surface area contributed by atoms with Gasteiger partial charge in [-0.1, -0.05) is 6.92 Å². The topological polar surface area (TPSA) is 154 Å². The number of ether oxygens (including phenoxy) is 2. The fourth-order valence-electron chi connectivity index (χ4n) is 2.35. The van der Waals surface area contributed by atoms with Crippen molar-refractivity contribution < 1.29 is 23.7 Å². The van der Waals surface area contributed by atoms with Gasteiger partial charge in [0, 0.05) is 6.54 Å².